The predicted molar refractivity (Wildman–Crippen MR) is 121 cm³/mol. The lowest BCUT2D eigenvalue weighted by Gasteiger charge is -2.37. The predicted octanol–water partition coefficient (Wildman–Crippen LogP) is 5.41. The van der Waals surface area contributed by atoms with E-state index in [-0.39, 0.29) is 17.8 Å². The Balaban J connectivity index is 1.35. The maximum absolute atomic E-state index is 14.2. The summed E-state index contributed by atoms with van der Waals surface area (Å²) in [5.41, 5.74) is 3.14. The third-order valence-corrected chi connectivity index (χ3v) is 7.24. The molecule has 1 atom stereocenters. The molecule has 5 rings (SSSR count). The van der Waals surface area contributed by atoms with Gasteiger partial charge in [-0.15, -0.1) is 0 Å². The number of aromatic nitrogens is 1. The number of rotatable bonds is 3. The van der Waals surface area contributed by atoms with E-state index in [9.17, 15) is 4.39 Å². The standard InChI is InChI=1S/C24H29ClFN5/c1-15(2)24-19-10-7-17(25)12-21(19)28-13-22-30(24)14-29-31(22)18-8-5-16(6-9-18)23-20(26)4-3-11-27-23/h3-4,11-16,18,24,28H,5-10H2,1-2H3/t16-,18-,24?. The second-order valence-corrected chi connectivity index (χ2v) is 9.71. The van der Waals surface area contributed by atoms with E-state index in [1.165, 1.54) is 11.6 Å². The van der Waals surface area contributed by atoms with Gasteiger partial charge >= 0.3 is 0 Å². The quantitative estimate of drug-likeness (QED) is 0.681. The summed E-state index contributed by atoms with van der Waals surface area (Å²) in [5, 5.41) is 11.4. The molecule has 2 aliphatic heterocycles. The van der Waals surface area contributed by atoms with Gasteiger partial charge in [0, 0.05) is 29.0 Å². The van der Waals surface area contributed by atoms with Crippen LogP contribution in [0.1, 0.15) is 64.0 Å². The van der Waals surface area contributed by atoms with Crippen LogP contribution in [0, 0.1) is 11.7 Å². The lowest BCUT2D eigenvalue weighted by molar-refractivity contribution is 0.168. The Kier molecular flexibility index (Phi) is 5.51. The summed E-state index contributed by atoms with van der Waals surface area (Å²) in [7, 11) is 0. The van der Waals surface area contributed by atoms with Crippen LogP contribution in [0.4, 0.5) is 4.39 Å². The molecule has 2 aliphatic carbocycles. The number of hydrogen-bond donors (Lipinski definition) is 1. The molecular weight excluding hydrogens is 413 g/mol. The summed E-state index contributed by atoms with van der Waals surface area (Å²) < 4.78 is 14.2. The SMILES string of the molecule is CC(C)C1C2=C(C=C(Cl)CC2)NC=C2N1C=NN2[C@H]1CC[C@H](c2ncccc2F)CC1. The first-order chi connectivity index (χ1) is 15.0. The summed E-state index contributed by atoms with van der Waals surface area (Å²) in [6.45, 7) is 4.53. The van der Waals surface area contributed by atoms with Gasteiger partial charge < -0.3 is 10.2 Å². The van der Waals surface area contributed by atoms with Crippen LogP contribution in [0.15, 0.2) is 57.8 Å². The molecule has 0 saturated heterocycles. The van der Waals surface area contributed by atoms with E-state index < -0.39 is 0 Å². The molecule has 0 radical (unpaired) electrons. The van der Waals surface area contributed by atoms with E-state index in [1.54, 1.807) is 12.3 Å². The van der Waals surface area contributed by atoms with E-state index in [0.29, 0.717) is 17.7 Å². The van der Waals surface area contributed by atoms with Gasteiger partial charge in [-0.25, -0.2) is 9.40 Å². The van der Waals surface area contributed by atoms with Crippen molar-refractivity contribution in [3.05, 3.63) is 64.2 Å². The normalized spacial score (nSPS) is 28.1. The van der Waals surface area contributed by atoms with Gasteiger partial charge in [-0.1, -0.05) is 25.4 Å². The molecule has 0 aromatic carbocycles. The molecule has 3 heterocycles. The average Bonchev–Trinajstić information content (AvgIpc) is 3.10. The highest BCUT2D eigenvalue weighted by atomic mass is 35.5. The number of nitrogens with zero attached hydrogens (tertiary/aromatic N) is 4. The van der Waals surface area contributed by atoms with Gasteiger partial charge in [0.25, 0.3) is 0 Å². The average molecular weight is 442 g/mol. The summed E-state index contributed by atoms with van der Waals surface area (Å²) in [6, 6.07) is 3.73. The molecule has 1 aromatic heterocycles. The lowest BCUT2D eigenvalue weighted by Crippen LogP contribution is -2.41. The van der Waals surface area contributed by atoms with Gasteiger partial charge in [-0.3, -0.25) is 4.98 Å². The zero-order chi connectivity index (χ0) is 21.5. The third kappa shape index (κ3) is 3.75. The molecule has 5 nitrogen and oxygen atoms in total. The van der Waals surface area contributed by atoms with Crippen molar-refractivity contribution in [1.82, 2.24) is 20.2 Å². The van der Waals surface area contributed by atoms with Crippen molar-refractivity contribution in [2.75, 3.05) is 0 Å². The Morgan fingerprint density at radius 3 is 2.74 bits per heavy atom. The summed E-state index contributed by atoms with van der Waals surface area (Å²) in [6.07, 6.45) is 13.5. The number of hydrazone groups is 1. The highest BCUT2D eigenvalue weighted by Crippen LogP contribution is 2.41. The largest absolute Gasteiger partial charge is 0.358 e. The van der Waals surface area contributed by atoms with E-state index >= 15 is 0 Å². The zero-order valence-corrected chi connectivity index (χ0v) is 18.8. The van der Waals surface area contributed by atoms with Crippen molar-refractivity contribution in [1.29, 1.82) is 0 Å². The summed E-state index contributed by atoms with van der Waals surface area (Å²) >= 11 is 6.35. The monoisotopic (exact) mass is 441 g/mol. The molecule has 1 unspecified atom stereocenters. The van der Waals surface area contributed by atoms with Crippen LogP contribution in [0.25, 0.3) is 0 Å². The third-order valence-electron chi connectivity index (χ3n) is 6.94. The summed E-state index contributed by atoms with van der Waals surface area (Å²) in [4.78, 5) is 6.63. The first-order valence-electron chi connectivity index (χ1n) is 11.3. The molecule has 0 amide bonds. The zero-order valence-electron chi connectivity index (χ0n) is 18.1. The summed E-state index contributed by atoms with van der Waals surface area (Å²) in [5.74, 6) is 1.53. The molecule has 31 heavy (non-hydrogen) atoms. The van der Waals surface area contributed by atoms with Gasteiger partial charge in [-0.05, 0) is 68.2 Å². The minimum atomic E-state index is -0.185. The number of nitrogens with one attached hydrogen (secondary N) is 1. The molecule has 0 spiro atoms. The molecule has 1 N–H and O–H groups in total. The van der Waals surface area contributed by atoms with E-state index in [4.69, 9.17) is 16.7 Å². The Morgan fingerprint density at radius 1 is 1.19 bits per heavy atom. The van der Waals surface area contributed by atoms with Crippen molar-refractivity contribution in [2.45, 2.75) is 70.4 Å². The number of halogens is 2. The second-order valence-electron chi connectivity index (χ2n) is 9.22. The van der Waals surface area contributed by atoms with Gasteiger partial charge in [0.15, 0.2) is 0 Å². The van der Waals surface area contributed by atoms with Crippen LogP contribution in [-0.4, -0.2) is 33.3 Å². The maximum Gasteiger partial charge on any atom is 0.147 e. The van der Waals surface area contributed by atoms with Crippen molar-refractivity contribution in [3.63, 3.8) is 0 Å². The van der Waals surface area contributed by atoms with Gasteiger partial charge in [0.1, 0.15) is 18.0 Å². The Labute approximate surface area is 188 Å². The fraction of sp³-hybridized carbons (Fsp3) is 0.500. The first-order valence-corrected chi connectivity index (χ1v) is 11.7. The van der Waals surface area contributed by atoms with Crippen molar-refractivity contribution in [2.24, 2.45) is 11.0 Å². The molecule has 164 valence electrons. The van der Waals surface area contributed by atoms with Gasteiger partial charge in [-0.2, -0.15) is 5.10 Å². The smallest absolute Gasteiger partial charge is 0.147 e. The second kappa shape index (κ2) is 8.30. The highest BCUT2D eigenvalue weighted by Gasteiger charge is 2.39. The van der Waals surface area contributed by atoms with Crippen molar-refractivity contribution < 1.29 is 4.39 Å². The van der Waals surface area contributed by atoms with Crippen LogP contribution < -0.4 is 5.32 Å². The Bertz CT molecular complexity index is 974. The highest BCUT2D eigenvalue weighted by molar-refractivity contribution is 6.29. The van der Waals surface area contributed by atoms with Gasteiger partial charge in [0.05, 0.1) is 17.8 Å². The van der Waals surface area contributed by atoms with Crippen molar-refractivity contribution in [3.8, 4) is 0 Å². The molecule has 0 bridgehead atoms. The molecular formula is C24H29ClFN5. The van der Waals surface area contributed by atoms with Gasteiger partial charge in [0.2, 0.25) is 0 Å². The number of hydrogen-bond acceptors (Lipinski definition) is 5. The molecule has 1 aromatic rings. The van der Waals surface area contributed by atoms with Crippen LogP contribution >= 0.6 is 11.6 Å². The van der Waals surface area contributed by atoms with Crippen molar-refractivity contribution >= 4 is 17.9 Å². The van der Waals surface area contributed by atoms with Crippen LogP contribution in [0.3, 0.4) is 0 Å². The minimum Gasteiger partial charge on any atom is -0.358 e. The fourth-order valence-corrected chi connectivity index (χ4v) is 5.67. The van der Waals surface area contributed by atoms with Crippen LogP contribution in [0.2, 0.25) is 0 Å². The topological polar surface area (TPSA) is 43.8 Å². The van der Waals surface area contributed by atoms with E-state index in [0.717, 1.165) is 55.1 Å². The lowest BCUT2D eigenvalue weighted by atomic mass is 9.83. The fourth-order valence-electron chi connectivity index (χ4n) is 5.46. The number of fused-ring (bicyclic) bond motifs is 1. The molecule has 1 saturated carbocycles. The number of pyridine rings is 1. The molecule has 4 aliphatic rings. The Hall–Kier alpha value is -2.34. The van der Waals surface area contributed by atoms with Crippen LogP contribution in [0.5, 0.6) is 0 Å². The minimum absolute atomic E-state index is 0.185. The van der Waals surface area contributed by atoms with E-state index in [1.807, 2.05) is 6.34 Å². The maximum atomic E-state index is 14.2. The molecule has 7 heteroatoms. The van der Waals surface area contributed by atoms with Crippen LogP contribution in [-0.2, 0) is 0 Å². The number of allylic oxidation sites excluding steroid dienone is 2. The first kappa shape index (κ1) is 20.6. The van der Waals surface area contributed by atoms with E-state index in [2.05, 4.69) is 46.3 Å². The Morgan fingerprint density at radius 2 is 2.00 bits per heavy atom. The molecule has 1 fully saturated rings.